The van der Waals surface area contributed by atoms with Gasteiger partial charge in [0.25, 0.3) is 0 Å². The topological polar surface area (TPSA) is 24.4 Å². The number of nitrogens with one attached hydrogen (secondary N) is 1. The van der Waals surface area contributed by atoms with Crippen molar-refractivity contribution in [3.63, 3.8) is 0 Å². The highest BCUT2D eigenvalue weighted by Gasteiger charge is 2.29. The maximum Gasteiger partial charge on any atom is 0.416 e. The van der Waals surface area contributed by atoms with Gasteiger partial charge in [-0.25, -0.2) is 0 Å². The number of hydrogen-bond acceptors (Lipinski definition) is 3. The summed E-state index contributed by atoms with van der Waals surface area (Å²) >= 11 is 1.51. The molecule has 0 aliphatic carbocycles. The van der Waals surface area contributed by atoms with Crippen molar-refractivity contribution in [2.45, 2.75) is 11.9 Å². The van der Waals surface area contributed by atoms with E-state index in [0.717, 1.165) is 36.0 Å². The molecule has 1 heterocycles. The second kappa shape index (κ2) is 6.47. The Balaban J connectivity index is 0.00000162. The van der Waals surface area contributed by atoms with E-state index in [1.807, 2.05) is 0 Å². The molecule has 1 aromatic carbocycles. The minimum absolute atomic E-state index is 0. The van der Waals surface area contributed by atoms with E-state index < -0.39 is 11.7 Å². The molecule has 0 saturated carbocycles. The Bertz CT molecular complexity index is 417. The summed E-state index contributed by atoms with van der Waals surface area (Å²) in [5.74, 6) is 0.629. The molecule has 0 amide bonds. The van der Waals surface area contributed by atoms with Crippen LogP contribution in [0.3, 0.4) is 0 Å². The fourth-order valence-corrected chi connectivity index (χ4v) is 2.30. The first kappa shape index (κ1) is 15.4. The number of hydrogen-bond donors (Lipinski definition) is 1. The standard InChI is InChI=1S/C11H11F3N2S.BrH/c12-11(13,14)9-3-1-8(2-4-9)7-17-10-15-5-6-16-10;/h1-4H,5-7H2,(H,15,16);1H. The second-order valence-electron chi connectivity index (χ2n) is 3.60. The Morgan fingerprint density at radius 1 is 1.22 bits per heavy atom. The Hall–Kier alpha value is -0.690. The summed E-state index contributed by atoms with van der Waals surface area (Å²) in [5, 5.41) is 3.96. The largest absolute Gasteiger partial charge is 0.416 e. The predicted octanol–water partition coefficient (Wildman–Crippen LogP) is 3.48. The summed E-state index contributed by atoms with van der Waals surface area (Å²) in [6.07, 6.45) is -4.26. The predicted molar refractivity (Wildman–Crippen MR) is 73.4 cm³/mol. The molecule has 1 aromatic rings. The molecule has 1 N–H and O–H groups in total. The first-order chi connectivity index (χ1) is 8.05. The second-order valence-corrected chi connectivity index (χ2v) is 4.56. The van der Waals surface area contributed by atoms with Crippen molar-refractivity contribution in [2.75, 3.05) is 13.1 Å². The Labute approximate surface area is 118 Å². The minimum atomic E-state index is -4.26. The van der Waals surface area contributed by atoms with Gasteiger partial charge in [-0.15, -0.1) is 17.0 Å². The average molecular weight is 341 g/mol. The molecule has 0 fully saturated rings. The van der Waals surface area contributed by atoms with Crippen LogP contribution in [0.25, 0.3) is 0 Å². The van der Waals surface area contributed by atoms with E-state index >= 15 is 0 Å². The fraction of sp³-hybridized carbons (Fsp3) is 0.364. The fourth-order valence-electron chi connectivity index (χ4n) is 1.41. The van der Waals surface area contributed by atoms with E-state index in [4.69, 9.17) is 0 Å². The molecule has 2 nitrogen and oxygen atoms in total. The lowest BCUT2D eigenvalue weighted by Gasteiger charge is -2.07. The molecule has 0 atom stereocenters. The van der Waals surface area contributed by atoms with Crippen LogP contribution in [0.15, 0.2) is 29.3 Å². The smallest absolute Gasteiger partial charge is 0.363 e. The van der Waals surface area contributed by atoms with Crippen LogP contribution in [0.5, 0.6) is 0 Å². The number of aliphatic imine (C=N–C) groups is 1. The first-order valence-electron chi connectivity index (χ1n) is 5.13. The van der Waals surface area contributed by atoms with Crippen LogP contribution < -0.4 is 5.32 Å². The number of rotatable bonds is 2. The quantitative estimate of drug-likeness (QED) is 0.891. The zero-order valence-electron chi connectivity index (χ0n) is 9.33. The number of alkyl halides is 3. The normalized spacial score (nSPS) is 14.7. The molecular weight excluding hydrogens is 329 g/mol. The summed E-state index contributed by atoms with van der Waals surface area (Å²) in [5.41, 5.74) is 0.252. The zero-order valence-corrected chi connectivity index (χ0v) is 11.9. The van der Waals surface area contributed by atoms with Crippen molar-refractivity contribution in [1.29, 1.82) is 0 Å². The van der Waals surface area contributed by atoms with E-state index in [1.54, 1.807) is 0 Å². The van der Waals surface area contributed by atoms with Crippen molar-refractivity contribution in [3.8, 4) is 0 Å². The van der Waals surface area contributed by atoms with Crippen LogP contribution in [0, 0.1) is 0 Å². The Morgan fingerprint density at radius 3 is 2.39 bits per heavy atom. The Kier molecular flexibility index (Phi) is 5.52. The van der Waals surface area contributed by atoms with Gasteiger partial charge in [-0.3, -0.25) is 4.99 Å². The highest BCUT2D eigenvalue weighted by atomic mass is 79.9. The number of nitrogens with zero attached hydrogens (tertiary/aromatic N) is 1. The van der Waals surface area contributed by atoms with Crippen LogP contribution in [0.4, 0.5) is 13.2 Å². The lowest BCUT2D eigenvalue weighted by atomic mass is 10.1. The van der Waals surface area contributed by atoms with E-state index in [9.17, 15) is 13.2 Å². The minimum Gasteiger partial charge on any atom is -0.363 e. The summed E-state index contributed by atoms with van der Waals surface area (Å²) < 4.78 is 37.0. The van der Waals surface area contributed by atoms with Crippen molar-refractivity contribution in [1.82, 2.24) is 5.32 Å². The van der Waals surface area contributed by atoms with Crippen LogP contribution in [-0.4, -0.2) is 18.3 Å². The van der Waals surface area contributed by atoms with Gasteiger partial charge in [-0.1, -0.05) is 23.9 Å². The van der Waals surface area contributed by atoms with Gasteiger partial charge >= 0.3 is 6.18 Å². The molecule has 2 rings (SSSR count). The number of halogens is 4. The molecule has 0 unspecified atom stereocenters. The Morgan fingerprint density at radius 2 is 1.89 bits per heavy atom. The van der Waals surface area contributed by atoms with Crippen LogP contribution >= 0.6 is 28.7 Å². The van der Waals surface area contributed by atoms with Crippen LogP contribution in [0.1, 0.15) is 11.1 Å². The summed E-state index contributed by atoms with van der Waals surface area (Å²) in [7, 11) is 0. The third kappa shape index (κ3) is 4.20. The highest BCUT2D eigenvalue weighted by Crippen LogP contribution is 2.29. The van der Waals surface area contributed by atoms with E-state index in [0.29, 0.717) is 5.75 Å². The molecule has 0 aromatic heterocycles. The van der Waals surface area contributed by atoms with Gasteiger partial charge in [0.2, 0.25) is 0 Å². The van der Waals surface area contributed by atoms with Crippen LogP contribution in [0.2, 0.25) is 0 Å². The molecule has 100 valence electrons. The van der Waals surface area contributed by atoms with Crippen molar-refractivity contribution >= 4 is 33.9 Å². The molecule has 0 radical (unpaired) electrons. The van der Waals surface area contributed by atoms with E-state index in [-0.39, 0.29) is 17.0 Å². The van der Waals surface area contributed by atoms with Gasteiger partial charge in [0.1, 0.15) is 0 Å². The molecule has 0 bridgehead atoms. The van der Waals surface area contributed by atoms with Crippen LogP contribution in [-0.2, 0) is 11.9 Å². The molecule has 0 saturated heterocycles. The number of amidine groups is 1. The van der Waals surface area contributed by atoms with Gasteiger partial charge in [0.05, 0.1) is 12.1 Å². The summed E-state index contributed by atoms with van der Waals surface area (Å²) in [6.45, 7) is 1.62. The van der Waals surface area contributed by atoms with Gasteiger partial charge < -0.3 is 5.32 Å². The third-order valence-corrected chi connectivity index (χ3v) is 3.32. The maximum absolute atomic E-state index is 12.3. The average Bonchev–Trinajstić information content (AvgIpc) is 2.78. The lowest BCUT2D eigenvalue weighted by Crippen LogP contribution is -2.15. The number of thioether (sulfide) groups is 1. The van der Waals surface area contributed by atoms with E-state index in [1.165, 1.54) is 23.9 Å². The lowest BCUT2D eigenvalue weighted by molar-refractivity contribution is -0.137. The summed E-state index contributed by atoms with van der Waals surface area (Å²) in [6, 6.07) is 5.23. The molecule has 7 heteroatoms. The third-order valence-electron chi connectivity index (χ3n) is 2.30. The van der Waals surface area contributed by atoms with Gasteiger partial charge in [0.15, 0.2) is 5.17 Å². The highest BCUT2D eigenvalue weighted by molar-refractivity contribution is 8.93. The van der Waals surface area contributed by atoms with Gasteiger partial charge in [0, 0.05) is 12.3 Å². The monoisotopic (exact) mass is 340 g/mol. The SMILES string of the molecule is Br.FC(F)(F)c1ccc(CSC2=NCCN2)cc1. The molecule has 18 heavy (non-hydrogen) atoms. The van der Waals surface area contributed by atoms with Gasteiger partial charge in [-0.2, -0.15) is 13.2 Å². The molecular formula is C11H12BrF3N2S. The zero-order chi connectivity index (χ0) is 12.3. The van der Waals surface area contributed by atoms with Crippen molar-refractivity contribution < 1.29 is 13.2 Å². The van der Waals surface area contributed by atoms with Crippen molar-refractivity contribution in [3.05, 3.63) is 35.4 Å². The summed E-state index contributed by atoms with van der Waals surface area (Å²) in [4.78, 5) is 4.20. The first-order valence-corrected chi connectivity index (χ1v) is 6.11. The maximum atomic E-state index is 12.3. The van der Waals surface area contributed by atoms with Gasteiger partial charge in [-0.05, 0) is 17.7 Å². The molecule has 0 spiro atoms. The van der Waals surface area contributed by atoms with E-state index in [2.05, 4.69) is 10.3 Å². The van der Waals surface area contributed by atoms with Crippen molar-refractivity contribution in [2.24, 2.45) is 4.99 Å². The number of benzene rings is 1. The molecule has 1 aliphatic heterocycles. The molecule has 1 aliphatic rings.